The molecule has 0 bridgehead atoms. The van der Waals surface area contributed by atoms with Crippen LogP contribution in [0, 0.1) is 0 Å². The minimum Gasteiger partial charge on any atom is -0.0622 e. The summed E-state index contributed by atoms with van der Waals surface area (Å²) in [6.07, 6.45) is 0. The van der Waals surface area contributed by atoms with E-state index in [1.807, 2.05) is 0 Å². The summed E-state index contributed by atoms with van der Waals surface area (Å²) >= 11 is 0. The fraction of sp³-hybridized carbons (Fsp3) is 0.0556. The Bertz CT molecular complexity index is 4290. The maximum atomic E-state index is 2.56. The van der Waals surface area contributed by atoms with E-state index in [1.54, 1.807) is 0 Å². The van der Waals surface area contributed by atoms with Gasteiger partial charge in [0, 0.05) is 5.41 Å². The van der Waals surface area contributed by atoms with Crippen LogP contribution in [0.15, 0.2) is 255 Å². The van der Waals surface area contributed by atoms with Crippen LogP contribution in [0.5, 0.6) is 0 Å². The number of rotatable bonds is 5. The van der Waals surface area contributed by atoms with Gasteiger partial charge in [0.05, 0.1) is 5.41 Å². The zero-order valence-corrected chi connectivity index (χ0v) is 40.2. The van der Waals surface area contributed by atoms with Gasteiger partial charge in [-0.3, -0.25) is 0 Å². The van der Waals surface area contributed by atoms with Gasteiger partial charge in [0.2, 0.25) is 0 Å². The third-order valence-corrected chi connectivity index (χ3v) is 16.7. The molecule has 0 amide bonds. The van der Waals surface area contributed by atoms with Crippen LogP contribution >= 0.6 is 0 Å². The summed E-state index contributed by atoms with van der Waals surface area (Å²) in [5, 5.41) is 12.7. The van der Waals surface area contributed by atoms with Crippen LogP contribution in [0.4, 0.5) is 0 Å². The quantitative estimate of drug-likeness (QED) is 0.119. The Morgan fingerprint density at radius 1 is 0.236 bits per heavy atom. The Hall–Kier alpha value is -8.84. The van der Waals surface area contributed by atoms with Crippen LogP contribution in [0.2, 0.25) is 0 Å². The maximum absolute atomic E-state index is 2.56. The van der Waals surface area contributed by atoms with Crippen molar-refractivity contribution in [2.24, 2.45) is 0 Å². The third kappa shape index (κ3) is 5.52. The van der Waals surface area contributed by atoms with Crippen molar-refractivity contribution in [2.75, 3.05) is 0 Å². The molecule has 336 valence electrons. The molecule has 15 rings (SSSR count). The SMILES string of the molecule is CC1(C)c2ccccc2-c2ccc(-c3c4ccccc4c(-c4ccc(-c5cc6c(c7ccccc57)-c5c(c7ccccc7c7ccccc57)C6(c5ccccc5)c5ccccc5)cc4)c4ccccc34)cc21. The van der Waals surface area contributed by atoms with Crippen LogP contribution in [0.1, 0.15) is 47.2 Å². The summed E-state index contributed by atoms with van der Waals surface area (Å²) in [5.74, 6) is 0. The Kier molecular flexibility index (Phi) is 8.73. The van der Waals surface area contributed by atoms with Crippen molar-refractivity contribution in [1.82, 2.24) is 0 Å². The van der Waals surface area contributed by atoms with Gasteiger partial charge in [-0.2, -0.15) is 0 Å². The van der Waals surface area contributed by atoms with Gasteiger partial charge in [-0.15, -0.1) is 0 Å². The lowest BCUT2D eigenvalue weighted by molar-refractivity contribution is 0.660. The molecule has 0 nitrogen and oxygen atoms in total. The van der Waals surface area contributed by atoms with E-state index >= 15 is 0 Å². The topological polar surface area (TPSA) is 0 Å². The van der Waals surface area contributed by atoms with Crippen LogP contribution in [-0.4, -0.2) is 0 Å². The Balaban J connectivity index is 0.961. The van der Waals surface area contributed by atoms with Gasteiger partial charge in [-0.1, -0.05) is 257 Å². The summed E-state index contributed by atoms with van der Waals surface area (Å²) in [5.41, 5.74) is 20.1. The van der Waals surface area contributed by atoms with Gasteiger partial charge < -0.3 is 0 Å². The van der Waals surface area contributed by atoms with E-state index < -0.39 is 5.41 Å². The van der Waals surface area contributed by atoms with Crippen molar-refractivity contribution in [3.8, 4) is 55.6 Å². The van der Waals surface area contributed by atoms with Crippen molar-refractivity contribution in [3.63, 3.8) is 0 Å². The first-order valence-corrected chi connectivity index (χ1v) is 25.4. The predicted octanol–water partition coefficient (Wildman–Crippen LogP) is 19.1. The lowest BCUT2D eigenvalue weighted by atomic mass is 9.66. The molecule has 0 saturated heterocycles. The van der Waals surface area contributed by atoms with E-state index in [4.69, 9.17) is 0 Å². The molecular weight excluding hydrogens is 865 g/mol. The molecule has 0 unspecified atom stereocenters. The standard InChI is InChI=1S/C72H48/c1-71(2)63-36-20-19-28-53(63)54-42-41-47(43-64(54)71)67-59-33-16-14-31-57(59)66(58-32-15-17-34-60(58)67)46-39-37-45(38-40-46)62-44-65-68(55-29-12-10-27-52(55)62)69-56-30-13-9-25-50(56)51-26-11-18-35-61(51)70(69)72(65,48-21-5-3-6-22-48)49-23-7-4-8-24-49/h3-44H,1-2H3. The van der Waals surface area contributed by atoms with E-state index in [9.17, 15) is 0 Å². The molecule has 0 fully saturated rings. The molecule has 2 aliphatic rings. The first-order chi connectivity index (χ1) is 35.5. The molecule has 0 N–H and O–H groups in total. The van der Waals surface area contributed by atoms with Gasteiger partial charge in [-0.25, -0.2) is 0 Å². The molecule has 72 heavy (non-hydrogen) atoms. The van der Waals surface area contributed by atoms with E-state index in [1.165, 1.54) is 143 Å². The molecule has 13 aromatic rings. The van der Waals surface area contributed by atoms with E-state index in [-0.39, 0.29) is 5.41 Å². The molecule has 2 aliphatic carbocycles. The monoisotopic (exact) mass is 912 g/mol. The van der Waals surface area contributed by atoms with Gasteiger partial charge in [0.15, 0.2) is 0 Å². The van der Waals surface area contributed by atoms with E-state index in [2.05, 4.69) is 269 Å². The molecule has 0 radical (unpaired) electrons. The summed E-state index contributed by atoms with van der Waals surface area (Å²) in [6, 6.07) is 96.2. The van der Waals surface area contributed by atoms with Crippen LogP contribution in [0.3, 0.4) is 0 Å². The highest BCUT2D eigenvalue weighted by molar-refractivity contribution is 6.24. The highest BCUT2D eigenvalue weighted by Crippen LogP contribution is 2.63. The van der Waals surface area contributed by atoms with Crippen molar-refractivity contribution in [1.29, 1.82) is 0 Å². The average Bonchev–Trinajstić information content (AvgIpc) is 3.89. The second kappa shape index (κ2) is 15.3. The second-order valence-corrected chi connectivity index (χ2v) is 20.6. The smallest absolute Gasteiger partial charge is 0.0622 e. The molecule has 0 heteroatoms. The second-order valence-electron chi connectivity index (χ2n) is 20.6. The van der Waals surface area contributed by atoms with Crippen molar-refractivity contribution in [2.45, 2.75) is 24.7 Å². The first-order valence-electron chi connectivity index (χ1n) is 25.4. The third-order valence-electron chi connectivity index (χ3n) is 16.7. The van der Waals surface area contributed by atoms with Gasteiger partial charge in [0.1, 0.15) is 0 Å². The lowest BCUT2D eigenvalue weighted by Gasteiger charge is -2.35. The van der Waals surface area contributed by atoms with Crippen LogP contribution < -0.4 is 0 Å². The van der Waals surface area contributed by atoms with Crippen LogP contribution in [-0.2, 0) is 10.8 Å². The Labute approximate surface area is 420 Å². The summed E-state index contributed by atoms with van der Waals surface area (Å²) < 4.78 is 0. The minimum atomic E-state index is -0.603. The fourth-order valence-electron chi connectivity index (χ4n) is 13.7. The maximum Gasteiger partial charge on any atom is 0.0720 e. The zero-order chi connectivity index (χ0) is 47.7. The minimum absolute atomic E-state index is 0.0866. The molecule has 0 saturated carbocycles. The largest absolute Gasteiger partial charge is 0.0720 e. The average molecular weight is 913 g/mol. The number of hydrogen-bond acceptors (Lipinski definition) is 0. The Morgan fingerprint density at radius 2 is 0.639 bits per heavy atom. The van der Waals surface area contributed by atoms with Crippen molar-refractivity contribution < 1.29 is 0 Å². The summed E-state index contributed by atoms with van der Waals surface area (Å²) in [6.45, 7) is 4.75. The molecule has 0 aromatic heterocycles. The summed E-state index contributed by atoms with van der Waals surface area (Å²) in [7, 11) is 0. The van der Waals surface area contributed by atoms with Gasteiger partial charge in [0.25, 0.3) is 0 Å². The highest BCUT2D eigenvalue weighted by Gasteiger charge is 2.49. The summed E-state index contributed by atoms with van der Waals surface area (Å²) in [4.78, 5) is 0. The zero-order valence-electron chi connectivity index (χ0n) is 40.2. The predicted molar refractivity (Wildman–Crippen MR) is 305 cm³/mol. The van der Waals surface area contributed by atoms with Crippen molar-refractivity contribution >= 4 is 53.9 Å². The van der Waals surface area contributed by atoms with Gasteiger partial charge in [-0.05, 0) is 155 Å². The van der Waals surface area contributed by atoms with Crippen LogP contribution in [0.25, 0.3) is 109 Å². The molecule has 0 heterocycles. The Morgan fingerprint density at radius 3 is 1.22 bits per heavy atom. The number of hydrogen-bond donors (Lipinski definition) is 0. The normalized spacial score (nSPS) is 13.9. The van der Waals surface area contributed by atoms with E-state index in [0.29, 0.717) is 0 Å². The number of benzene rings is 13. The number of fused-ring (bicyclic) bond motifs is 15. The van der Waals surface area contributed by atoms with Gasteiger partial charge >= 0.3 is 0 Å². The molecule has 13 aromatic carbocycles. The highest BCUT2D eigenvalue weighted by atomic mass is 14.5. The van der Waals surface area contributed by atoms with Crippen molar-refractivity contribution in [3.05, 3.63) is 288 Å². The molecular formula is C72H48. The first kappa shape index (κ1) is 41.0. The lowest BCUT2D eigenvalue weighted by Crippen LogP contribution is -2.29. The molecule has 0 spiro atoms. The molecule has 0 atom stereocenters. The molecule has 0 aliphatic heterocycles. The van der Waals surface area contributed by atoms with E-state index in [0.717, 1.165) is 0 Å². The fourth-order valence-corrected chi connectivity index (χ4v) is 13.7.